The van der Waals surface area contributed by atoms with Crippen molar-refractivity contribution in [2.75, 3.05) is 13.6 Å². The van der Waals surface area contributed by atoms with Crippen molar-refractivity contribution in [1.82, 2.24) is 10.2 Å². The predicted octanol–water partition coefficient (Wildman–Crippen LogP) is 4.55. The number of nitrogens with one attached hydrogen (secondary N) is 1. The van der Waals surface area contributed by atoms with Crippen LogP contribution in [-0.4, -0.2) is 35.7 Å². The maximum Gasteiger partial charge on any atom is 0.224 e. The van der Waals surface area contributed by atoms with E-state index in [1.54, 1.807) is 0 Å². The van der Waals surface area contributed by atoms with Crippen LogP contribution in [0.3, 0.4) is 0 Å². The normalized spacial score (nSPS) is 42.3. The van der Waals surface area contributed by atoms with Crippen LogP contribution < -0.4 is 5.32 Å². The molecule has 3 fully saturated rings. The number of fused-ring (bicyclic) bond motifs is 5. The van der Waals surface area contributed by atoms with E-state index in [4.69, 9.17) is 0 Å². The molecule has 3 unspecified atom stereocenters. The average molecular weight is 401 g/mol. The Morgan fingerprint density at radius 2 is 1.79 bits per heavy atom. The molecule has 0 aromatic carbocycles. The molecule has 2 saturated carbocycles. The Bertz CT molecular complexity index is 763. The van der Waals surface area contributed by atoms with Gasteiger partial charge in [0.1, 0.15) is 0 Å². The van der Waals surface area contributed by atoms with E-state index < -0.39 is 0 Å². The van der Waals surface area contributed by atoms with E-state index in [1.165, 1.54) is 18.5 Å². The monoisotopic (exact) mass is 400 g/mol. The molecule has 1 saturated heterocycles. The van der Waals surface area contributed by atoms with Crippen molar-refractivity contribution in [2.24, 2.45) is 34.5 Å². The molecule has 4 aliphatic rings. The van der Waals surface area contributed by atoms with E-state index in [0.29, 0.717) is 30.0 Å². The quantitative estimate of drug-likeness (QED) is 0.702. The van der Waals surface area contributed by atoms with Gasteiger partial charge in [-0.2, -0.15) is 0 Å². The number of rotatable bonds is 1. The summed E-state index contributed by atoms with van der Waals surface area (Å²) in [4.78, 5) is 28.0. The van der Waals surface area contributed by atoms with Crippen LogP contribution in [0, 0.1) is 34.5 Å². The molecule has 1 heterocycles. The molecule has 0 aromatic rings. The molecule has 4 rings (SSSR count). The molecule has 4 nitrogen and oxygen atoms in total. The minimum absolute atomic E-state index is 0.106. The van der Waals surface area contributed by atoms with E-state index in [-0.39, 0.29) is 28.2 Å². The highest BCUT2D eigenvalue weighted by Crippen LogP contribution is 2.65. The first kappa shape index (κ1) is 20.9. The highest BCUT2D eigenvalue weighted by Gasteiger charge is 2.61. The molecular weight excluding hydrogens is 360 g/mol. The first-order valence-electron chi connectivity index (χ1n) is 11.7. The second kappa shape index (κ2) is 6.59. The summed E-state index contributed by atoms with van der Waals surface area (Å²) in [5.41, 5.74) is 2.37. The summed E-state index contributed by atoms with van der Waals surface area (Å²) < 4.78 is 0. The SMILES string of the molecule is CC1=C2N(C)CC3C(CC[C@@]4(C)C3CC[C@@H]4C(=O)NC(C)(C)C)[C@@]2(C)CCC1=O. The zero-order chi connectivity index (χ0) is 21.4. The van der Waals surface area contributed by atoms with Crippen molar-refractivity contribution in [3.63, 3.8) is 0 Å². The fourth-order valence-electron chi connectivity index (χ4n) is 7.95. The van der Waals surface area contributed by atoms with Gasteiger partial charge in [0.25, 0.3) is 0 Å². The highest BCUT2D eigenvalue weighted by atomic mass is 16.2. The van der Waals surface area contributed by atoms with E-state index in [2.05, 4.69) is 51.9 Å². The Kier molecular flexibility index (Phi) is 4.76. The zero-order valence-electron chi connectivity index (χ0n) is 19.5. The lowest BCUT2D eigenvalue weighted by Crippen LogP contribution is -2.58. The Morgan fingerprint density at radius 1 is 1.10 bits per heavy atom. The van der Waals surface area contributed by atoms with Crippen molar-refractivity contribution in [3.05, 3.63) is 11.3 Å². The fourth-order valence-corrected chi connectivity index (χ4v) is 7.95. The summed E-state index contributed by atoms with van der Waals surface area (Å²) in [6.07, 6.45) is 6.20. The van der Waals surface area contributed by atoms with Gasteiger partial charge in [0.15, 0.2) is 5.78 Å². The molecule has 29 heavy (non-hydrogen) atoms. The number of likely N-dealkylation sites (tertiary alicyclic amines) is 1. The van der Waals surface area contributed by atoms with Crippen molar-refractivity contribution in [2.45, 2.75) is 85.6 Å². The van der Waals surface area contributed by atoms with Crippen molar-refractivity contribution in [3.8, 4) is 0 Å². The van der Waals surface area contributed by atoms with E-state index in [1.807, 2.05) is 6.92 Å². The number of amides is 1. The number of ketones is 1. The summed E-state index contributed by atoms with van der Waals surface area (Å²) in [5.74, 6) is 2.60. The summed E-state index contributed by atoms with van der Waals surface area (Å²) in [6.45, 7) is 14.1. The second-order valence-corrected chi connectivity index (χ2v) is 12.0. The summed E-state index contributed by atoms with van der Waals surface area (Å²) in [6, 6.07) is 0. The number of hydrogen-bond acceptors (Lipinski definition) is 3. The third-order valence-electron chi connectivity index (χ3n) is 9.12. The molecule has 1 aliphatic heterocycles. The van der Waals surface area contributed by atoms with Gasteiger partial charge in [-0.05, 0) is 83.0 Å². The molecular formula is C25H40N2O2. The summed E-state index contributed by atoms with van der Waals surface area (Å²) >= 11 is 0. The molecule has 0 spiro atoms. The molecule has 4 heteroatoms. The van der Waals surface area contributed by atoms with Crippen molar-refractivity contribution in [1.29, 1.82) is 0 Å². The topological polar surface area (TPSA) is 49.4 Å². The van der Waals surface area contributed by atoms with Crippen molar-refractivity contribution < 1.29 is 9.59 Å². The lowest BCUT2D eigenvalue weighted by atomic mass is 9.49. The number of hydrogen-bond donors (Lipinski definition) is 1. The number of Topliss-reactive ketones (excluding diaryl/α,β-unsaturated/α-hetero) is 1. The fraction of sp³-hybridized carbons (Fsp3) is 0.840. The van der Waals surface area contributed by atoms with E-state index >= 15 is 0 Å². The maximum absolute atomic E-state index is 13.1. The van der Waals surface area contributed by atoms with Crippen LogP contribution in [0.25, 0.3) is 0 Å². The Balaban J connectivity index is 1.64. The van der Waals surface area contributed by atoms with Gasteiger partial charge in [0.2, 0.25) is 5.91 Å². The van der Waals surface area contributed by atoms with Crippen LogP contribution in [0.5, 0.6) is 0 Å². The Labute approximate surface area is 176 Å². The molecule has 1 amide bonds. The van der Waals surface area contributed by atoms with E-state index in [0.717, 1.165) is 31.4 Å². The maximum atomic E-state index is 13.1. The Morgan fingerprint density at radius 3 is 2.45 bits per heavy atom. The van der Waals surface area contributed by atoms with E-state index in [9.17, 15) is 9.59 Å². The lowest BCUT2D eigenvalue weighted by Gasteiger charge is -2.60. The van der Waals surface area contributed by atoms with Gasteiger partial charge in [-0.15, -0.1) is 0 Å². The number of allylic oxidation sites excluding steroid dienone is 2. The number of carbonyl (C=O) groups is 2. The number of piperidine rings is 1. The third kappa shape index (κ3) is 3.08. The molecule has 6 atom stereocenters. The first-order chi connectivity index (χ1) is 13.4. The lowest BCUT2D eigenvalue weighted by molar-refractivity contribution is -0.135. The van der Waals surface area contributed by atoms with Crippen LogP contribution in [0.2, 0.25) is 0 Å². The Hall–Kier alpha value is -1.32. The highest BCUT2D eigenvalue weighted by molar-refractivity contribution is 5.96. The van der Waals surface area contributed by atoms with Crippen molar-refractivity contribution >= 4 is 11.7 Å². The van der Waals surface area contributed by atoms with Gasteiger partial charge in [0, 0.05) is 48.2 Å². The van der Waals surface area contributed by atoms with Gasteiger partial charge >= 0.3 is 0 Å². The van der Waals surface area contributed by atoms with Gasteiger partial charge in [0.05, 0.1) is 0 Å². The third-order valence-corrected chi connectivity index (χ3v) is 9.12. The average Bonchev–Trinajstić information content (AvgIpc) is 2.94. The molecule has 3 aliphatic carbocycles. The molecule has 1 N–H and O–H groups in total. The summed E-state index contributed by atoms with van der Waals surface area (Å²) in [7, 11) is 2.19. The minimum Gasteiger partial charge on any atom is -0.377 e. The standard InChI is InChI=1S/C25H40N2O2/c1-15-20(28)11-13-25(6)18-10-12-24(5)17(16(18)14-27(7)21(15)25)8-9-19(24)22(29)26-23(2,3)4/h16-19H,8-14H2,1-7H3,(H,26,29)/t16?,17?,18?,19-,24+,25-/m1/s1. The zero-order valence-corrected chi connectivity index (χ0v) is 19.5. The van der Waals surface area contributed by atoms with Gasteiger partial charge in [-0.25, -0.2) is 0 Å². The van der Waals surface area contributed by atoms with Gasteiger partial charge in [-0.1, -0.05) is 13.8 Å². The largest absolute Gasteiger partial charge is 0.377 e. The van der Waals surface area contributed by atoms with Crippen LogP contribution in [0.4, 0.5) is 0 Å². The number of nitrogens with zero attached hydrogens (tertiary/aromatic N) is 1. The van der Waals surface area contributed by atoms with Crippen LogP contribution in [0.1, 0.15) is 80.1 Å². The molecule has 0 bridgehead atoms. The number of carbonyl (C=O) groups excluding carboxylic acids is 2. The first-order valence-corrected chi connectivity index (χ1v) is 11.7. The molecule has 162 valence electrons. The predicted molar refractivity (Wildman–Crippen MR) is 116 cm³/mol. The van der Waals surface area contributed by atoms with Gasteiger partial charge in [-0.3, -0.25) is 9.59 Å². The van der Waals surface area contributed by atoms with Crippen LogP contribution in [-0.2, 0) is 9.59 Å². The smallest absolute Gasteiger partial charge is 0.224 e. The molecule has 0 aromatic heterocycles. The van der Waals surface area contributed by atoms with Gasteiger partial charge < -0.3 is 10.2 Å². The minimum atomic E-state index is -0.173. The second-order valence-electron chi connectivity index (χ2n) is 12.0. The summed E-state index contributed by atoms with van der Waals surface area (Å²) in [5, 5.41) is 3.27. The van der Waals surface area contributed by atoms with Crippen LogP contribution >= 0.6 is 0 Å². The molecule has 0 radical (unpaired) electrons. The van der Waals surface area contributed by atoms with Crippen LogP contribution in [0.15, 0.2) is 11.3 Å².